The monoisotopic (exact) mass is 331 g/mol. The number of rotatable bonds is 5. The maximum Gasteiger partial charge on any atom is 0.261 e. The quantitative estimate of drug-likeness (QED) is 0.853. The Bertz CT molecular complexity index is 885. The van der Waals surface area contributed by atoms with Crippen LogP contribution in [0.1, 0.15) is 40.1 Å². The molecule has 1 N–H and O–H groups in total. The van der Waals surface area contributed by atoms with E-state index in [9.17, 15) is 18.0 Å². The number of nitrogens with one attached hydrogen (secondary N) is 1. The molecule has 0 spiro atoms. The summed E-state index contributed by atoms with van der Waals surface area (Å²) in [7, 11) is -3.81. The number of aryl methyl sites for hydroxylation is 1. The van der Waals surface area contributed by atoms with Crippen molar-refractivity contribution in [3.63, 3.8) is 0 Å². The van der Waals surface area contributed by atoms with Gasteiger partial charge in [0, 0.05) is 16.8 Å². The van der Waals surface area contributed by atoms with E-state index in [4.69, 9.17) is 0 Å². The number of sulfonamides is 1. The predicted octanol–water partition coefficient (Wildman–Crippen LogP) is 3.20. The lowest BCUT2D eigenvalue weighted by Crippen LogP contribution is -2.14. The molecule has 0 aliphatic carbocycles. The topological polar surface area (TPSA) is 80.3 Å². The van der Waals surface area contributed by atoms with Gasteiger partial charge in [0.2, 0.25) is 0 Å². The summed E-state index contributed by atoms with van der Waals surface area (Å²) < 4.78 is 27.3. The molecule has 5 nitrogen and oxygen atoms in total. The zero-order valence-electron chi connectivity index (χ0n) is 13.1. The molecule has 0 saturated carbocycles. The molecule has 0 aromatic heterocycles. The lowest BCUT2D eigenvalue weighted by atomic mass is 10.1. The molecule has 120 valence electrons. The van der Waals surface area contributed by atoms with E-state index in [1.54, 1.807) is 25.1 Å². The molecule has 2 aromatic rings. The molecule has 0 fully saturated rings. The number of benzene rings is 2. The van der Waals surface area contributed by atoms with Gasteiger partial charge in [-0.05, 0) is 56.7 Å². The molecular formula is C17H17NO4S. The predicted molar refractivity (Wildman–Crippen MR) is 88.4 cm³/mol. The Morgan fingerprint density at radius 2 is 1.65 bits per heavy atom. The van der Waals surface area contributed by atoms with E-state index in [-0.39, 0.29) is 16.5 Å². The first kappa shape index (κ1) is 16.9. The molecule has 0 radical (unpaired) electrons. The standard InChI is InChI=1S/C17H17NO4S/c1-11-9-15(7-8-17(11)13(3)20)18-23(21,22)16-6-4-5-14(10-16)12(2)19/h4-10,18H,1-3H3. The van der Waals surface area contributed by atoms with Crippen molar-refractivity contribution >= 4 is 27.3 Å². The van der Waals surface area contributed by atoms with Crippen molar-refractivity contribution in [2.75, 3.05) is 4.72 Å². The van der Waals surface area contributed by atoms with Gasteiger partial charge in [0.25, 0.3) is 10.0 Å². The highest BCUT2D eigenvalue weighted by Gasteiger charge is 2.16. The van der Waals surface area contributed by atoms with Gasteiger partial charge in [-0.1, -0.05) is 12.1 Å². The number of ketones is 2. The first-order chi connectivity index (χ1) is 10.7. The maximum atomic E-state index is 12.4. The second-order valence-corrected chi connectivity index (χ2v) is 6.96. The van der Waals surface area contributed by atoms with Crippen molar-refractivity contribution in [3.8, 4) is 0 Å². The minimum atomic E-state index is -3.81. The highest BCUT2D eigenvalue weighted by molar-refractivity contribution is 7.92. The molecule has 23 heavy (non-hydrogen) atoms. The molecule has 2 aromatic carbocycles. The van der Waals surface area contributed by atoms with Crippen LogP contribution >= 0.6 is 0 Å². The minimum absolute atomic E-state index is 0.0125. The Hall–Kier alpha value is -2.47. The average molecular weight is 331 g/mol. The third-order valence-corrected chi connectivity index (χ3v) is 4.79. The summed E-state index contributed by atoms with van der Waals surface area (Å²) >= 11 is 0. The van der Waals surface area contributed by atoms with E-state index in [1.165, 1.54) is 38.1 Å². The van der Waals surface area contributed by atoms with Crippen molar-refractivity contribution in [2.24, 2.45) is 0 Å². The summed E-state index contributed by atoms with van der Waals surface area (Å²) in [6.45, 7) is 4.58. The van der Waals surface area contributed by atoms with E-state index in [0.717, 1.165) is 0 Å². The molecule has 0 heterocycles. The molecule has 0 aliphatic heterocycles. The molecule has 6 heteroatoms. The van der Waals surface area contributed by atoms with Gasteiger partial charge in [-0.2, -0.15) is 0 Å². The van der Waals surface area contributed by atoms with Gasteiger partial charge >= 0.3 is 0 Å². The fraction of sp³-hybridized carbons (Fsp3) is 0.176. The van der Waals surface area contributed by atoms with Crippen LogP contribution < -0.4 is 4.72 Å². The SMILES string of the molecule is CC(=O)c1cccc(S(=O)(=O)Nc2ccc(C(C)=O)c(C)c2)c1. The molecule has 0 unspecified atom stereocenters. The maximum absolute atomic E-state index is 12.4. The van der Waals surface area contributed by atoms with Gasteiger partial charge in [0.15, 0.2) is 11.6 Å². The van der Waals surface area contributed by atoms with E-state index >= 15 is 0 Å². The lowest BCUT2D eigenvalue weighted by molar-refractivity contribution is 0.100. The fourth-order valence-corrected chi connectivity index (χ4v) is 3.31. The second-order valence-electron chi connectivity index (χ2n) is 5.28. The molecule has 0 aliphatic rings. The van der Waals surface area contributed by atoms with Crippen molar-refractivity contribution < 1.29 is 18.0 Å². The normalized spacial score (nSPS) is 11.1. The van der Waals surface area contributed by atoms with Crippen molar-refractivity contribution in [1.29, 1.82) is 0 Å². The second kappa shape index (κ2) is 6.34. The summed E-state index contributed by atoms with van der Waals surface area (Å²) in [6, 6.07) is 10.6. The Kier molecular flexibility index (Phi) is 4.65. The Labute approximate surface area is 135 Å². The largest absolute Gasteiger partial charge is 0.295 e. The van der Waals surface area contributed by atoms with Crippen molar-refractivity contribution in [3.05, 3.63) is 59.2 Å². The highest BCUT2D eigenvalue weighted by atomic mass is 32.2. The van der Waals surface area contributed by atoms with Gasteiger partial charge < -0.3 is 0 Å². The first-order valence-corrected chi connectivity index (χ1v) is 8.44. The Morgan fingerprint density at radius 3 is 2.22 bits per heavy atom. The fourth-order valence-electron chi connectivity index (χ4n) is 2.22. The van der Waals surface area contributed by atoms with Crippen molar-refractivity contribution in [2.45, 2.75) is 25.7 Å². The number of carbonyl (C=O) groups is 2. The lowest BCUT2D eigenvalue weighted by Gasteiger charge is -2.11. The summed E-state index contributed by atoms with van der Waals surface area (Å²) in [6.07, 6.45) is 0. The zero-order valence-corrected chi connectivity index (χ0v) is 13.9. The first-order valence-electron chi connectivity index (χ1n) is 6.96. The number of hydrogen-bond acceptors (Lipinski definition) is 4. The smallest absolute Gasteiger partial charge is 0.261 e. The van der Waals surface area contributed by atoms with Gasteiger partial charge in [0.05, 0.1) is 4.90 Å². The zero-order chi connectivity index (χ0) is 17.2. The van der Waals surface area contributed by atoms with Crippen LogP contribution in [0.4, 0.5) is 5.69 Å². The summed E-state index contributed by atoms with van der Waals surface area (Å²) in [4.78, 5) is 22.8. The molecule has 0 atom stereocenters. The third-order valence-electron chi connectivity index (χ3n) is 3.41. The summed E-state index contributed by atoms with van der Waals surface area (Å²) in [5, 5.41) is 0. The van der Waals surface area contributed by atoms with Crippen LogP contribution in [0.2, 0.25) is 0 Å². The van der Waals surface area contributed by atoms with E-state index in [0.29, 0.717) is 22.4 Å². The number of carbonyl (C=O) groups excluding carboxylic acids is 2. The van der Waals surface area contributed by atoms with Gasteiger partial charge in [0.1, 0.15) is 0 Å². The number of anilines is 1. The Balaban J connectivity index is 2.35. The van der Waals surface area contributed by atoms with Crippen LogP contribution in [0, 0.1) is 6.92 Å². The van der Waals surface area contributed by atoms with Crippen LogP contribution in [0.3, 0.4) is 0 Å². The molecule has 0 saturated heterocycles. The van der Waals surface area contributed by atoms with Crippen LogP contribution in [-0.2, 0) is 10.0 Å². The van der Waals surface area contributed by atoms with E-state index in [1.807, 2.05) is 0 Å². The van der Waals surface area contributed by atoms with Gasteiger partial charge in [-0.15, -0.1) is 0 Å². The molecule has 0 amide bonds. The number of Topliss-reactive ketones (excluding diaryl/α,β-unsaturated/α-hetero) is 2. The highest BCUT2D eigenvalue weighted by Crippen LogP contribution is 2.20. The molecular weight excluding hydrogens is 314 g/mol. The molecule has 0 bridgehead atoms. The van der Waals surface area contributed by atoms with E-state index < -0.39 is 10.0 Å². The average Bonchev–Trinajstić information content (AvgIpc) is 2.46. The van der Waals surface area contributed by atoms with Crippen LogP contribution in [0.15, 0.2) is 47.4 Å². The summed E-state index contributed by atoms with van der Waals surface area (Å²) in [5.41, 5.74) is 1.93. The van der Waals surface area contributed by atoms with E-state index in [2.05, 4.69) is 4.72 Å². The van der Waals surface area contributed by atoms with Crippen LogP contribution in [-0.4, -0.2) is 20.0 Å². The molecule has 2 rings (SSSR count). The third kappa shape index (κ3) is 3.84. The number of hydrogen-bond donors (Lipinski definition) is 1. The van der Waals surface area contributed by atoms with Crippen LogP contribution in [0.25, 0.3) is 0 Å². The van der Waals surface area contributed by atoms with Gasteiger partial charge in [-0.25, -0.2) is 8.42 Å². The van der Waals surface area contributed by atoms with Crippen molar-refractivity contribution in [1.82, 2.24) is 0 Å². The Morgan fingerprint density at radius 1 is 0.957 bits per heavy atom. The van der Waals surface area contributed by atoms with Crippen LogP contribution in [0.5, 0.6) is 0 Å². The minimum Gasteiger partial charge on any atom is -0.295 e. The van der Waals surface area contributed by atoms with Gasteiger partial charge in [-0.3, -0.25) is 14.3 Å². The summed E-state index contributed by atoms with van der Waals surface area (Å²) in [5.74, 6) is -0.283.